The van der Waals surface area contributed by atoms with Crippen LogP contribution in [-0.4, -0.2) is 40.6 Å². The molecule has 0 aromatic heterocycles. The third kappa shape index (κ3) is 2.36. The molecule has 4 bridgehead atoms. The van der Waals surface area contributed by atoms with Gasteiger partial charge in [-0.25, -0.2) is 0 Å². The number of Topliss-reactive ketones (excluding diaryl/α,β-unsaturated/α-hetero) is 1. The molecule has 0 unspecified atom stereocenters. The maximum absolute atomic E-state index is 13.1. The maximum atomic E-state index is 13.1. The second-order valence-electron chi connectivity index (χ2n) is 9.07. The number of hydrogen-bond acceptors (Lipinski definition) is 6. The van der Waals surface area contributed by atoms with Gasteiger partial charge in [0.25, 0.3) is 0 Å². The van der Waals surface area contributed by atoms with E-state index in [4.69, 9.17) is 9.47 Å². The lowest BCUT2D eigenvalue weighted by molar-refractivity contribution is -0.299. The van der Waals surface area contributed by atoms with Crippen LogP contribution in [0, 0.1) is 28.6 Å². The smallest absolute Gasteiger partial charge is 0.302 e. The summed E-state index contributed by atoms with van der Waals surface area (Å²) in [5.74, 6) is -1.31. The van der Waals surface area contributed by atoms with E-state index in [2.05, 4.69) is 0 Å². The zero-order chi connectivity index (χ0) is 18.9. The Morgan fingerprint density at radius 2 is 1.60 bits per heavy atom. The topological polar surface area (TPSA) is 89.9 Å². The second-order valence-corrected chi connectivity index (χ2v) is 9.07. The number of hydrogen-bond donors (Lipinski definition) is 1. The molecule has 0 spiro atoms. The Morgan fingerprint density at radius 3 is 2.12 bits per heavy atom. The number of ether oxygens (including phenoxy) is 2. The average molecular weight is 352 g/mol. The van der Waals surface area contributed by atoms with Crippen molar-refractivity contribution in [3.63, 3.8) is 0 Å². The minimum atomic E-state index is -1.12. The van der Waals surface area contributed by atoms with Crippen molar-refractivity contribution in [3.05, 3.63) is 0 Å². The van der Waals surface area contributed by atoms with Crippen molar-refractivity contribution in [2.24, 2.45) is 28.6 Å². The molecule has 4 rings (SSSR count). The molecular weight excluding hydrogens is 324 g/mol. The summed E-state index contributed by atoms with van der Waals surface area (Å²) in [4.78, 5) is 36.3. The lowest BCUT2D eigenvalue weighted by Crippen LogP contribution is -2.76. The Morgan fingerprint density at radius 1 is 1.04 bits per heavy atom. The van der Waals surface area contributed by atoms with E-state index < -0.39 is 40.6 Å². The molecule has 6 nitrogen and oxygen atoms in total. The molecule has 4 aliphatic carbocycles. The minimum Gasteiger partial charge on any atom is -0.462 e. The van der Waals surface area contributed by atoms with Crippen molar-refractivity contribution in [3.8, 4) is 0 Å². The van der Waals surface area contributed by atoms with Crippen LogP contribution in [0.4, 0.5) is 0 Å². The number of esters is 2. The Kier molecular flexibility index (Phi) is 3.88. The fourth-order valence-electron chi connectivity index (χ4n) is 6.19. The average Bonchev–Trinajstić information content (AvgIpc) is 2.49. The first-order valence-corrected chi connectivity index (χ1v) is 8.93. The summed E-state index contributed by atoms with van der Waals surface area (Å²) in [6.07, 6.45) is -0.582. The third-order valence-electron chi connectivity index (χ3n) is 7.06. The predicted octanol–water partition coefficient (Wildman–Crippen LogP) is 1.87. The van der Waals surface area contributed by atoms with E-state index in [1.807, 2.05) is 20.8 Å². The van der Waals surface area contributed by atoms with Crippen LogP contribution in [0.15, 0.2) is 0 Å². The third-order valence-corrected chi connectivity index (χ3v) is 7.06. The number of rotatable bonds is 2. The van der Waals surface area contributed by atoms with Gasteiger partial charge in [0.05, 0.1) is 5.60 Å². The van der Waals surface area contributed by atoms with Gasteiger partial charge < -0.3 is 14.6 Å². The fourth-order valence-corrected chi connectivity index (χ4v) is 6.19. The van der Waals surface area contributed by atoms with Crippen LogP contribution in [0.5, 0.6) is 0 Å². The van der Waals surface area contributed by atoms with Gasteiger partial charge in [-0.3, -0.25) is 14.4 Å². The molecule has 7 atom stereocenters. The Balaban J connectivity index is 2.10. The van der Waals surface area contributed by atoms with Gasteiger partial charge >= 0.3 is 11.9 Å². The summed E-state index contributed by atoms with van der Waals surface area (Å²) in [5, 5.41) is 11.1. The van der Waals surface area contributed by atoms with Gasteiger partial charge in [0.15, 0.2) is 0 Å². The molecule has 4 aliphatic rings. The van der Waals surface area contributed by atoms with Crippen LogP contribution >= 0.6 is 0 Å². The fraction of sp³-hybridized carbons (Fsp3) is 0.842. The molecule has 1 N–H and O–H groups in total. The first-order valence-electron chi connectivity index (χ1n) is 8.93. The van der Waals surface area contributed by atoms with Crippen molar-refractivity contribution in [1.82, 2.24) is 0 Å². The summed E-state index contributed by atoms with van der Waals surface area (Å²) in [6.45, 7) is 10.3. The lowest BCUT2D eigenvalue weighted by Gasteiger charge is -2.71. The number of aliphatic hydroxyl groups is 1. The van der Waals surface area contributed by atoms with Crippen LogP contribution < -0.4 is 0 Å². The molecule has 0 aromatic carbocycles. The summed E-state index contributed by atoms with van der Waals surface area (Å²) in [7, 11) is 0. The molecule has 0 amide bonds. The molecule has 4 saturated carbocycles. The minimum absolute atomic E-state index is 0.0206. The Bertz CT molecular complexity index is 636. The van der Waals surface area contributed by atoms with E-state index in [1.165, 1.54) is 13.8 Å². The molecule has 0 radical (unpaired) electrons. The predicted molar refractivity (Wildman–Crippen MR) is 88.3 cm³/mol. The van der Waals surface area contributed by atoms with Crippen molar-refractivity contribution in [2.45, 2.75) is 72.2 Å². The summed E-state index contributed by atoms with van der Waals surface area (Å²) >= 11 is 0. The highest BCUT2D eigenvalue weighted by Gasteiger charge is 2.78. The van der Waals surface area contributed by atoms with Crippen LogP contribution in [0.25, 0.3) is 0 Å². The van der Waals surface area contributed by atoms with Gasteiger partial charge in [-0.05, 0) is 12.8 Å². The highest BCUT2D eigenvalue weighted by atomic mass is 16.5. The molecule has 4 fully saturated rings. The first-order chi connectivity index (χ1) is 11.3. The van der Waals surface area contributed by atoms with Crippen molar-refractivity contribution in [2.75, 3.05) is 0 Å². The lowest BCUT2D eigenvalue weighted by atomic mass is 9.34. The largest absolute Gasteiger partial charge is 0.462 e. The van der Waals surface area contributed by atoms with Gasteiger partial charge in [-0.15, -0.1) is 0 Å². The van der Waals surface area contributed by atoms with Crippen LogP contribution in [0.2, 0.25) is 0 Å². The second kappa shape index (κ2) is 5.29. The molecule has 6 heteroatoms. The molecule has 0 aliphatic heterocycles. The molecule has 0 heterocycles. The summed E-state index contributed by atoms with van der Waals surface area (Å²) in [6, 6.07) is 0. The van der Waals surface area contributed by atoms with Crippen molar-refractivity contribution < 1.29 is 29.0 Å². The molecule has 140 valence electrons. The molecular formula is C19H28O6. The van der Waals surface area contributed by atoms with Crippen molar-refractivity contribution >= 4 is 17.7 Å². The Labute approximate surface area is 148 Å². The van der Waals surface area contributed by atoms with E-state index in [9.17, 15) is 19.5 Å². The molecule has 25 heavy (non-hydrogen) atoms. The van der Waals surface area contributed by atoms with Gasteiger partial charge in [0.1, 0.15) is 18.0 Å². The number of carbonyl (C=O) groups is 3. The number of fused-ring (bicyclic) bond motifs is 2. The standard InChI is InChI=1S/C19H28O6/c1-9(20)24-11-8-18(5,23)16-15-14(11)19(16,6)12(22)7-13(17(15,3)4)25-10(2)21/h11,13-16,23H,7-8H2,1-6H3/t11-,13-,14-,15-,16-,18-,19+/m1/s1. The summed E-state index contributed by atoms with van der Waals surface area (Å²) < 4.78 is 11.0. The van der Waals surface area contributed by atoms with Gasteiger partial charge in [-0.2, -0.15) is 0 Å². The van der Waals surface area contributed by atoms with E-state index in [1.54, 1.807) is 6.92 Å². The number of carbonyl (C=O) groups excluding carboxylic acids is 3. The van der Waals surface area contributed by atoms with E-state index in [-0.39, 0.29) is 30.0 Å². The molecule has 0 saturated heterocycles. The quantitative estimate of drug-likeness (QED) is 0.763. The van der Waals surface area contributed by atoms with Crippen LogP contribution in [0.1, 0.15) is 54.4 Å². The van der Waals surface area contributed by atoms with Gasteiger partial charge in [0, 0.05) is 49.4 Å². The highest BCUT2D eigenvalue weighted by molar-refractivity contribution is 5.89. The normalized spacial score (nSPS) is 47.3. The van der Waals surface area contributed by atoms with Gasteiger partial charge in [0.2, 0.25) is 0 Å². The van der Waals surface area contributed by atoms with E-state index in [0.29, 0.717) is 6.42 Å². The summed E-state index contributed by atoms with van der Waals surface area (Å²) in [5.41, 5.74) is -2.39. The van der Waals surface area contributed by atoms with Crippen molar-refractivity contribution in [1.29, 1.82) is 0 Å². The molecule has 0 aromatic rings. The first kappa shape index (κ1) is 18.4. The zero-order valence-corrected chi connectivity index (χ0v) is 15.8. The zero-order valence-electron chi connectivity index (χ0n) is 15.8. The SMILES string of the molecule is CC(=O)O[C@@H]1C[C@@](C)(O)[C@H]2[C@H]3[C@@H]1[C@]2(C)C(=O)C[C@@H](OC(C)=O)C3(C)C. The van der Waals surface area contributed by atoms with Gasteiger partial charge in [-0.1, -0.05) is 20.8 Å². The highest BCUT2D eigenvalue weighted by Crippen LogP contribution is 2.73. The van der Waals surface area contributed by atoms with Crippen LogP contribution in [-0.2, 0) is 23.9 Å². The Hall–Kier alpha value is -1.43. The van der Waals surface area contributed by atoms with Crippen LogP contribution in [0.3, 0.4) is 0 Å². The van der Waals surface area contributed by atoms with E-state index >= 15 is 0 Å². The number of ketones is 1. The van der Waals surface area contributed by atoms with E-state index in [0.717, 1.165) is 0 Å². The monoisotopic (exact) mass is 352 g/mol. The maximum Gasteiger partial charge on any atom is 0.302 e.